The normalized spacial score (nSPS) is 30.6. The highest BCUT2D eigenvalue weighted by atomic mass is 35.5. The topological polar surface area (TPSA) is 193 Å². The van der Waals surface area contributed by atoms with Crippen molar-refractivity contribution >= 4 is 42.4 Å². The molecule has 2 saturated heterocycles. The Morgan fingerprint density at radius 2 is 2.03 bits per heavy atom. The number of nitrogens with one attached hydrogen (secondary N) is 1. The van der Waals surface area contributed by atoms with Crippen LogP contribution in [0.25, 0.3) is 11.2 Å². The molecule has 15 heteroatoms. The Balaban J connectivity index is 1.63. The monoisotopic (exact) mass is 477 g/mol. The van der Waals surface area contributed by atoms with Crippen LogP contribution in [0.2, 0.25) is 5.28 Å². The summed E-state index contributed by atoms with van der Waals surface area (Å²) in [5.74, 6) is 0.414. The predicted octanol–water partition coefficient (Wildman–Crippen LogP) is 0.767. The maximum atomic E-state index is 11.8. The Labute approximate surface area is 182 Å². The molecule has 1 unspecified atom stereocenters. The molecule has 7 N–H and O–H groups in total. The van der Waals surface area contributed by atoms with Crippen molar-refractivity contribution in [1.29, 1.82) is 0 Å². The van der Waals surface area contributed by atoms with Crippen LogP contribution in [0.1, 0.15) is 31.9 Å². The molecular formula is C16H25ClN7O6P. The van der Waals surface area contributed by atoms with E-state index in [0.717, 1.165) is 25.7 Å². The minimum Gasteiger partial charge on any atom is -0.386 e. The van der Waals surface area contributed by atoms with Gasteiger partial charge in [0.1, 0.15) is 18.3 Å². The number of aliphatic hydroxyl groups is 1. The van der Waals surface area contributed by atoms with Crippen molar-refractivity contribution in [2.24, 2.45) is 5.73 Å². The van der Waals surface area contributed by atoms with Gasteiger partial charge in [-0.1, -0.05) is 12.8 Å². The van der Waals surface area contributed by atoms with Crippen LogP contribution in [0.15, 0.2) is 0 Å². The van der Waals surface area contributed by atoms with E-state index < -0.39 is 32.4 Å². The summed E-state index contributed by atoms with van der Waals surface area (Å²) in [4.78, 5) is 22.2. The molecule has 0 saturated carbocycles. The molecule has 0 aliphatic carbocycles. The van der Waals surface area contributed by atoms with Gasteiger partial charge < -0.3 is 31.5 Å². The molecule has 0 aromatic carbocycles. The third kappa shape index (κ3) is 4.64. The minimum absolute atomic E-state index is 0.0732. The molecule has 0 spiro atoms. The number of ether oxygens (including phenoxy) is 1. The molecule has 5 atom stereocenters. The van der Waals surface area contributed by atoms with Crippen molar-refractivity contribution in [1.82, 2.24) is 19.5 Å². The molecule has 0 bridgehead atoms. The molecule has 2 aromatic rings. The van der Waals surface area contributed by atoms with E-state index in [-0.39, 0.29) is 28.9 Å². The van der Waals surface area contributed by atoms with Gasteiger partial charge in [0, 0.05) is 6.54 Å². The first kappa shape index (κ1) is 22.6. The Bertz CT molecular complexity index is 993. The Morgan fingerprint density at radius 3 is 2.81 bits per heavy atom. The number of nitrogens with zero attached hydrogens (tertiary/aromatic N) is 4. The highest BCUT2D eigenvalue weighted by molar-refractivity contribution is 7.47. The summed E-state index contributed by atoms with van der Waals surface area (Å²) in [6.45, 7) is 1.05. The molecule has 13 nitrogen and oxygen atoms in total. The van der Waals surface area contributed by atoms with Crippen molar-refractivity contribution in [3.63, 3.8) is 0 Å². The van der Waals surface area contributed by atoms with Crippen molar-refractivity contribution in [3.05, 3.63) is 5.28 Å². The van der Waals surface area contributed by atoms with Crippen molar-refractivity contribution < 1.29 is 28.3 Å². The standard InChI is InChI=1S/C16H25ClN7O6P/c17-15-22-12(19)9-13(23-15)24(16(21-9)20-6-4-2-1-3-5-18)14-10(25)11-8(29-14)7-28-31(26,27)30-11/h8,10-11,14,25H,1-7,18H2,(H,20,21)(H,26,27)(H2,19,22,23)/t8-,10-,11-,14-/m1/s1. The number of phosphoric acid groups is 1. The van der Waals surface area contributed by atoms with Crippen LogP contribution in [-0.2, 0) is 18.3 Å². The van der Waals surface area contributed by atoms with Gasteiger partial charge in [-0.25, -0.2) is 9.55 Å². The van der Waals surface area contributed by atoms with E-state index in [0.29, 0.717) is 19.0 Å². The van der Waals surface area contributed by atoms with Crippen LogP contribution < -0.4 is 16.8 Å². The zero-order valence-corrected chi connectivity index (χ0v) is 18.2. The summed E-state index contributed by atoms with van der Waals surface area (Å²) in [6.07, 6.45) is -0.313. The number of rotatable bonds is 8. The lowest BCUT2D eigenvalue weighted by molar-refractivity contribution is -0.0659. The number of nitrogen functional groups attached to an aromatic ring is 1. The predicted molar refractivity (Wildman–Crippen MR) is 111 cm³/mol. The summed E-state index contributed by atoms with van der Waals surface area (Å²) in [5, 5.41) is 14.0. The van der Waals surface area contributed by atoms with Gasteiger partial charge >= 0.3 is 7.82 Å². The summed E-state index contributed by atoms with van der Waals surface area (Å²) in [6, 6.07) is 0. The second-order valence-corrected chi connectivity index (χ2v) is 9.12. The van der Waals surface area contributed by atoms with Crippen LogP contribution in [-0.4, -0.2) is 67.5 Å². The summed E-state index contributed by atoms with van der Waals surface area (Å²) in [5.41, 5.74) is 12.0. The first-order chi connectivity index (χ1) is 14.8. The van der Waals surface area contributed by atoms with Gasteiger partial charge in [0.2, 0.25) is 11.2 Å². The number of imidazole rings is 1. The zero-order valence-electron chi connectivity index (χ0n) is 16.6. The summed E-state index contributed by atoms with van der Waals surface area (Å²) >= 11 is 5.99. The van der Waals surface area contributed by atoms with Crippen LogP contribution in [0, 0.1) is 0 Å². The highest BCUT2D eigenvalue weighted by Crippen LogP contribution is 2.53. The molecule has 172 valence electrons. The van der Waals surface area contributed by atoms with Crippen molar-refractivity contribution in [2.45, 2.75) is 50.2 Å². The largest absolute Gasteiger partial charge is 0.472 e. The fourth-order valence-corrected chi connectivity index (χ4v) is 4.84. The Morgan fingerprint density at radius 1 is 1.26 bits per heavy atom. The lowest BCUT2D eigenvalue weighted by Gasteiger charge is -2.27. The van der Waals surface area contributed by atoms with Crippen LogP contribution in [0.4, 0.5) is 11.8 Å². The molecule has 4 heterocycles. The van der Waals surface area contributed by atoms with Gasteiger partial charge in [0.25, 0.3) is 0 Å². The molecule has 2 aliphatic rings. The molecule has 2 aromatic heterocycles. The average molecular weight is 478 g/mol. The van der Waals surface area contributed by atoms with Crippen LogP contribution in [0.3, 0.4) is 0 Å². The first-order valence-electron chi connectivity index (χ1n) is 9.95. The summed E-state index contributed by atoms with van der Waals surface area (Å²) < 4.78 is 29.0. The van der Waals surface area contributed by atoms with Crippen LogP contribution in [0.5, 0.6) is 0 Å². The van der Waals surface area contributed by atoms with E-state index in [2.05, 4.69) is 20.3 Å². The second-order valence-electron chi connectivity index (χ2n) is 7.38. The number of aromatic nitrogens is 4. The number of aliphatic hydroxyl groups excluding tert-OH is 1. The minimum atomic E-state index is -4.26. The first-order valence-corrected chi connectivity index (χ1v) is 11.8. The quantitative estimate of drug-likeness (QED) is 0.204. The number of hydrogen-bond acceptors (Lipinski definition) is 11. The third-order valence-electron chi connectivity index (χ3n) is 5.17. The van der Waals surface area contributed by atoms with Gasteiger partial charge in [-0.2, -0.15) is 9.97 Å². The second kappa shape index (κ2) is 9.12. The van der Waals surface area contributed by atoms with E-state index in [1.54, 1.807) is 0 Å². The van der Waals surface area contributed by atoms with Crippen molar-refractivity contribution in [2.75, 3.05) is 30.7 Å². The third-order valence-corrected chi connectivity index (χ3v) is 6.33. The number of unbranched alkanes of at least 4 members (excludes halogenated alkanes) is 3. The number of phosphoric ester groups is 1. The van der Waals surface area contributed by atoms with Crippen LogP contribution >= 0.6 is 19.4 Å². The van der Waals surface area contributed by atoms with E-state index >= 15 is 0 Å². The van der Waals surface area contributed by atoms with Crippen molar-refractivity contribution in [3.8, 4) is 0 Å². The number of halogens is 1. The maximum Gasteiger partial charge on any atom is 0.472 e. The highest BCUT2D eigenvalue weighted by Gasteiger charge is 2.53. The Kier molecular flexibility index (Phi) is 6.65. The molecule has 4 rings (SSSR count). The van der Waals surface area contributed by atoms with Gasteiger partial charge in [-0.15, -0.1) is 0 Å². The van der Waals surface area contributed by atoms with E-state index in [1.165, 1.54) is 4.57 Å². The lowest BCUT2D eigenvalue weighted by atomic mass is 10.1. The summed E-state index contributed by atoms with van der Waals surface area (Å²) in [7, 11) is -4.26. The SMILES string of the molecule is NCCCCCCNc1nc2c(N)nc(Cl)nc2n1[C@@H]1O[C@@H]2COP(=O)(O)O[C@H]2[C@H]1O. The average Bonchev–Trinajstić information content (AvgIpc) is 3.21. The van der Waals surface area contributed by atoms with E-state index in [4.69, 9.17) is 36.9 Å². The molecule has 0 radical (unpaired) electrons. The van der Waals surface area contributed by atoms with Gasteiger partial charge in [0.15, 0.2) is 23.2 Å². The zero-order chi connectivity index (χ0) is 22.2. The molecule has 0 amide bonds. The molecule has 2 aliphatic heterocycles. The molecule has 2 fully saturated rings. The smallest absolute Gasteiger partial charge is 0.386 e. The number of anilines is 2. The fraction of sp³-hybridized carbons (Fsp3) is 0.688. The van der Waals surface area contributed by atoms with E-state index in [9.17, 15) is 14.6 Å². The van der Waals surface area contributed by atoms with Gasteiger partial charge in [-0.05, 0) is 31.0 Å². The fourth-order valence-electron chi connectivity index (χ4n) is 3.71. The van der Waals surface area contributed by atoms with E-state index in [1.807, 2.05) is 0 Å². The van der Waals surface area contributed by atoms with Gasteiger partial charge in [-0.3, -0.25) is 13.6 Å². The number of fused-ring (bicyclic) bond motifs is 2. The Hall–Kier alpha value is -1.57. The maximum absolute atomic E-state index is 11.8. The van der Waals surface area contributed by atoms with Gasteiger partial charge in [0.05, 0.1) is 6.61 Å². The number of hydrogen-bond donors (Lipinski definition) is 5. The lowest BCUT2D eigenvalue weighted by Crippen LogP contribution is -2.39. The molecular weight excluding hydrogens is 453 g/mol. The molecule has 31 heavy (non-hydrogen) atoms. The number of nitrogens with two attached hydrogens (primary N) is 2.